The number of sulfonamides is 1. The third-order valence-corrected chi connectivity index (χ3v) is 6.60. The molecule has 0 spiro atoms. The number of hydrogen-bond donors (Lipinski definition) is 0. The van der Waals surface area contributed by atoms with E-state index < -0.39 is 16.0 Å². The number of ether oxygens (including phenoxy) is 2. The topological polar surface area (TPSA) is 72.9 Å². The van der Waals surface area contributed by atoms with Crippen LogP contribution in [0, 0.1) is 0 Å². The molecule has 144 valence electrons. The molecule has 1 fully saturated rings. The fourth-order valence-corrected chi connectivity index (χ4v) is 4.62. The summed E-state index contributed by atoms with van der Waals surface area (Å²) in [5, 5.41) is 0.131. The predicted molar refractivity (Wildman–Crippen MR) is 102 cm³/mol. The van der Waals surface area contributed by atoms with Gasteiger partial charge in [-0.3, -0.25) is 0 Å². The van der Waals surface area contributed by atoms with Crippen molar-refractivity contribution < 1.29 is 22.7 Å². The van der Waals surface area contributed by atoms with Gasteiger partial charge in [-0.25, -0.2) is 13.2 Å². The molecule has 1 saturated heterocycles. The monoisotopic (exact) mass is 409 g/mol. The van der Waals surface area contributed by atoms with Gasteiger partial charge >= 0.3 is 5.97 Å². The molecule has 8 heteroatoms. The zero-order valence-electron chi connectivity index (χ0n) is 14.9. The lowest BCUT2D eigenvalue weighted by Crippen LogP contribution is -2.35. The second-order valence-electron chi connectivity index (χ2n) is 6.17. The van der Waals surface area contributed by atoms with E-state index in [1.807, 2.05) is 0 Å². The van der Waals surface area contributed by atoms with Gasteiger partial charge in [0, 0.05) is 13.1 Å². The number of halogens is 1. The first-order valence-corrected chi connectivity index (χ1v) is 10.4. The van der Waals surface area contributed by atoms with Crippen molar-refractivity contribution >= 4 is 27.6 Å². The van der Waals surface area contributed by atoms with E-state index >= 15 is 0 Å². The molecule has 1 aliphatic heterocycles. The zero-order chi connectivity index (χ0) is 19.4. The largest absolute Gasteiger partial charge is 0.497 e. The summed E-state index contributed by atoms with van der Waals surface area (Å²) in [6, 6.07) is 10.6. The average molecular weight is 410 g/mol. The third kappa shape index (κ3) is 4.43. The van der Waals surface area contributed by atoms with Crippen molar-refractivity contribution in [2.24, 2.45) is 0 Å². The van der Waals surface area contributed by atoms with Gasteiger partial charge in [0.25, 0.3) is 0 Å². The van der Waals surface area contributed by atoms with Gasteiger partial charge < -0.3 is 9.47 Å². The number of piperidine rings is 1. The fourth-order valence-electron chi connectivity index (χ4n) is 2.88. The summed E-state index contributed by atoms with van der Waals surface area (Å²) < 4.78 is 37.4. The number of methoxy groups -OCH3 is 1. The minimum absolute atomic E-state index is 0.00516. The molecule has 1 heterocycles. The van der Waals surface area contributed by atoms with E-state index in [1.165, 1.54) is 29.6 Å². The fraction of sp³-hybridized carbons (Fsp3) is 0.316. The van der Waals surface area contributed by atoms with Crippen molar-refractivity contribution in [3.05, 3.63) is 53.1 Å². The first-order chi connectivity index (χ1) is 12.9. The van der Waals surface area contributed by atoms with Crippen LogP contribution >= 0.6 is 11.6 Å². The number of rotatable bonds is 5. The molecule has 0 aromatic heterocycles. The normalized spacial score (nSPS) is 15.3. The van der Waals surface area contributed by atoms with Gasteiger partial charge in [0.05, 0.1) is 22.6 Å². The second-order valence-corrected chi connectivity index (χ2v) is 8.52. The molecular formula is C19H20ClNO5S. The summed E-state index contributed by atoms with van der Waals surface area (Å²) >= 11 is 6.11. The van der Waals surface area contributed by atoms with Crippen LogP contribution in [0.5, 0.6) is 11.5 Å². The molecule has 0 amide bonds. The Balaban J connectivity index is 1.84. The lowest BCUT2D eigenvalue weighted by Gasteiger charge is -2.26. The number of carbonyl (C=O) groups excluding carboxylic acids is 1. The SMILES string of the molecule is COc1ccc(OC(=O)c2cc(S(=O)(=O)N3CCCCC3)ccc2Cl)cc1. The highest BCUT2D eigenvalue weighted by Gasteiger charge is 2.27. The molecule has 3 rings (SSSR count). The lowest BCUT2D eigenvalue weighted by molar-refractivity contribution is 0.0734. The first kappa shape index (κ1) is 19.7. The zero-order valence-corrected chi connectivity index (χ0v) is 16.4. The number of nitrogens with zero attached hydrogens (tertiary/aromatic N) is 1. The van der Waals surface area contributed by atoms with E-state index in [2.05, 4.69) is 0 Å². The maximum absolute atomic E-state index is 12.8. The van der Waals surface area contributed by atoms with Gasteiger partial charge in [-0.1, -0.05) is 18.0 Å². The molecule has 0 atom stereocenters. The van der Waals surface area contributed by atoms with Crippen LogP contribution in [-0.2, 0) is 10.0 Å². The van der Waals surface area contributed by atoms with Crippen LogP contribution < -0.4 is 9.47 Å². The Morgan fingerprint density at radius 3 is 2.26 bits per heavy atom. The Morgan fingerprint density at radius 2 is 1.63 bits per heavy atom. The Hall–Kier alpha value is -2.09. The minimum Gasteiger partial charge on any atom is -0.497 e. The molecular weight excluding hydrogens is 390 g/mol. The third-order valence-electron chi connectivity index (χ3n) is 4.38. The van der Waals surface area contributed by atoms with Crippen LogP contribution in [0.15, 0.2) is 47.4 Å². The summed E-state index contributed by atoms with van der Waals surface area (Å²) in [4.78, 5) is 12.5. The van der Waals surface area contributed by atoms with E-state index in [-0.39, 0.29) is 15.5 Å². The summed E-state index contributed by atoms with van der Waals surface area (Å²) in [6.45, 7) is 0.965. The van der Waals surface area contributed by atoms with Crippen LogP contribution in [0.2, 0.25) is 5.02 Å². The second kappa shape index (κ2) is 8.29. The highest BCUT2D eigenvalue weighted by atomic mass is 35.5. The van der Waals surface area contributed by atoms with Crippen LogP contribution in [0.25, 0.3) is 0 Å². The minimum atomic E-state index is -3.67. The summed E-state index contributed by atoms with van der Waals surface area (Å²) in [6.07, 6.45) is 2.68. The van der Waals surface area contributed by atoms with Crippen molar-refractivity contribution in [1.29, 1.82) is 0 Å². The van der Waals surface area contributed by atoms with Crippen molar-refractivity contribution in [3.8, 4) is 11.5 Å². The molecule has 27 heavy (non-hydrogen) atoms. The first-order valence-electron chi connectivity index (χ1n) is 8.58. The Morgan fingerprint density at radius 1 is 1.00 bits per heavy atom. The van der Waals surface area contributed by atoms with E-state index in [0.717, 1.165) is 19.3 Å². The van der Waals surface area contributed by atoms with Gasteiger partial charge in [-0.05, 0) is 55.3 Å². The molecule has 0 bridgehead atoms. The molecule has 2 aromatic carbocycles. The summed E-state index contributed by atoms with van der Waals surface area (Å²) in [7, 11) is -2.13. The molecule has 0 unspecified atom stereocenters. The van der Waals surface area contributed by atoms with Crippen LogP contribution in [0.3, 0.4) is 0 Å². The molecule has 0 N–H and O–H groups in total. The van der Waals surface area contributed by atoms with Gasteiger partial charge in [0.2, 0.25) is 10.0 Å². The van der Waals surface area contributed by atoms with E-state index in [9.17, 15) is 13.2 Å². The average Bonchev–Trinajstić information content (AvgIpc) is 2.69. The van der Waals surface area contributed by atoms with Gasteiger partial charge in [-0.2, -0.15) is 4.31 Å². The number of carbonyl (C=O) groups is 1. The highest BCUT2D eigenvalue weighted by Crippen LogP contribution is 2.26. The molecule has 0 radical (unpaired) electrons. The van der Waals surface area contributed by atoms with E-state index in [1.54, 1.807) is 24.3 Å². The number of hydrogen-bond acceptors (Lipinski definition) is 5. The maximum Gasteiger partial charge on any atom is 0.345 e. The van der Waals surface area contributed by atoms with Crippen LogP contribution in [0.4, 0.5) is 0 Å². The Kier molecular flexibility index (Phi) is 6.04. The van der Waals surface area contributed by atoms with E-state index in [0.29, 0.717) is 24.6 Å². The smallest absolute Gasteiger partial charge is 0.345 e. The van der Waals surface area contributed by atoms with Gasteiger partial charge in [0.1, 0.15) is 11.5 Å². The van der Waals surface area contributed by atoms with Crippen molar-refractivity contribution in [3.63, 3.8) is 0 Å². The molecule has 1 aliphatic rings. The molecule has 6 nitrogen and oxygen atoms in total. The van der Waals surface area contributed by atoms with Crippen molar-refractivity contribution in [2.75, 3.05) is 20.2 Å². The Bertz CT molecular complexity index is 922. The van der Waals surface area contributed by atoms with Crippen molar-refractivity contribution in [2.45, 2.75) is 24.2 Å². The summed E-state index contributed by atoms with van der Waals surface area (Å²) in [5.74, 6) is 0.212. The lowest BCUT2D eigenvalue weighted by atomic mass is 10.2. The molecule has 0 saturated carbocycles. The van der Waals surface area contributed by atoms with Gasteiger partial charge in [-0.15, -0.1) is 0 Å². The molecule has 0 aliphatic carbocycles. The molecule has 2 aromatic rings. The maximum atomic E-state index is 12.8. The van der Waals surface area contributed by atoms with Crippen LogP contribution in [-0.4, -0.2) is 38.9 Å². The highest BCUT2D eigenvalue weighted by molar-refractivity contribution is 7.89. The standard InChI is InChI=1S/C19H20ClNO5S/c1-25-14-5-7-15(8-6-14)26-19(22)17-13-16(9-10-18(17)20)27(23,24)21-11-3-2-4-12-21/h5-10,13H,2-4,11-12H2,1H3. The summed E-state index contributed by atoms with van der Waals surface area (Å²) in [5.41, 5.74) is 0.00516. The predicted octanol–water partition coefficient (Wildman–Crippen LogP) is 3.74. The number of esters is 1. The van der Waals surface area contributed by atoms with Crippen molar-refractivity contribution in [1.82, 2.24) is 4.31 Å². The van der Waals surface area contributed by atoms with E-state index in [4.69, 9.17) is 21.1 Å². The quantitative estimate of drug-likeness (QED) is 0.555. The Labute approximate surface area is 163 Å². The number of benzene rings is 2. The van der Waals surface area contributed by atoms with Gasteiger partial charge in [0.15, 0.2) is 0 Å². The van der Waals surface area contributed by atoms with Crippen LogP contribution in [0.1, 0.15) is 29.6 Å².